The average Bonchev–Trinajstić information content (AvgIpc) is 3.11. The SMILES string of the molecule is Cc1ccc(C)n1-c1ccc(C(=O)N2CCC(C(=O)N3CCOCC3)CC2)cc1. The average molecular weight is 396 g/mol. The second-order valence-corrected chi connectivity index (χ2v) is 8.00. The molecule has 3 heterocycles. The number of likely N-dealkylation sites (tertiary alicyclic amines) is 1. The standard InChI is InChI=1S/C23H29N3O3/c1-17-3-4-18(2)26(17)21-7-5-19(6-8-21)22(27)24-11-9-20(10-12-24)23(28)25-13-15-29-16-14-25/h3-8,20H,9-16H2,1-2H3. The predicted octanol–water partition coefficient (Wildman–Crippen LogP) is 2.81. The van der Waals surface area contributed by atoms with Crippen molar-refractivity contribution in [3.63, 3.8) is 0 Å². The zero-order valence-corrected chi connectivity index (χ0v) is 17.3. The fourth-order valence-corrected chi connectivity index (χ4v) is 4.38. The van der Waals surface area contributed by atoms with Crippen LogP contribution in [0.3, 0.4) is 0 Å². The molecule has 1 aromatic heterocycles. The fraction of sp³-hybridized carbons (Fsp3) is 0.478. The lowest BCUT2D eigenvalue weighted by atomic mass is 9.94. The van der Waals surface area contributed by atoms with Crippen LogP contribution in [0.5, 0.6) is 0 Å². The van der Waals surface area contributed by atoms with Gasteiger partial charge < -0.3 is 19.1 Å². The van der Waals surface area contributed by atoms with E-state index in [1.54, 1.807) is 0 Å². The molecule has 1 aromatic carbocycles. The third-order valence-electron chi connectivity index (χ3n) is 6.10. The Labute approximate surface area is 172 Å². The van der Waals surface area contributed by atoms with E-state index in [2.05, 4.69) is 30.5 Å². The number of aryl methyl sites for hydroxylation is 2. The van der Waals surface area contributed by atoms with Crippen molar-refractivity contribution in [2.45, 2.75) is 26.7 Å². The van der Waals surface area contributed by atoms with Crippen LogP contribution < -0.4 is 0 Å². The van der Waals surface area contributed by atoms with Gasteiger partial charge in [0, 0.05) is 54.7 Å². The Balaban J connectivity index is 1.36. The summed E-state index contributed by atoms with van der Waals surface area (Å²) in [6.45, 7) is 8.05. The van der Waals surface area contributed by atoms with Gasteiger partial charge in [-0.15, -0.1) is 0 Å². The van der Waals surface area contributed by atoms with Crippen LogP contribution in [-0.4, -0.2) is 65.6 Å². The molecular weight excluding hydrogens is 366 g/mol. The zero-order chi connectivity index (χ0) is 20.4. The first-order valence-electron chi connectivity index (χ1n) is 10.5. The summed E-state index contributed by atoms with van der Waals surface area (Å²) >= 11 is 0. The van der Waals surface area contributed by atoms with Gasteiger partial charge in [0.05, 0.1) is 13.2 Å². The monoisotopic (exact) mass is 395 g/mol. The molecule has 0 saturated carbocycles. The Morgan fingerprint density at radius 2 is 1.41 bits per heavy atom. The van der Waals surface area contributed by atoms with E-state index in [0.717, 1.165) is 18.5 Å². The van der Waals surface area contributed by atoms with Gasteiger partial charge >= 0.3 is 0 Å². The van der Waals surface area contributed by atoms with E-state index in [1.165, 1.54) is 11.4 Å². The van der Waals surface area contributed by atoms with Crippen molar-refractivity contribution in [1.29, 1.82) is 0 Å². The van der Waals surface area contributed by atoms with Gasteiger partial charge in [0.1, 0.15) is 0 Å². The second kappa shape index (κ2) is 8.41. The minimum absolute atomic E-state index is 0.0271. The molecule has 4 rings (SSSR count). The molecule has 2 aliphatic rings. The van der Waals surface area contributed by atoms with Crippen LogP contribution in [-0.2, 0) is 9.53 Å². The van der Waals surface area contributed by atoms with Crippen molar-refractivity contribution in [3.8, 4) is 5.69 Å². The van der Waals surface area contributed by atoms with E-state index in [1.807, 2.05) is 34.1 Å². The molecule has 0 spiro atoms. The summed E-state index contributed by atoms with van der Waals surface area (Å²) in [7, 11) is 0. The number of carbonyl (C=O) groups is 2. The van der Waals surface area contributed by atoms with Crippen LogP contribution in [0.25, 0.3) is 5.69 Å². The Kier molecular flexibility index (Phi) is 5.72. The minimum atomic E-state index is 0.0271. The summed E-state index contributed by atoms with van der Waals surface area (Å²) in [5.74, 6) is 0.302. The minimum Gasteiger partial charge on any atom is -0.378 e. The Bertz CT molecular complexity index is 854. The van der Waals surface area contributed by atoms with Crippen LogP contribution in [0.4, 0.5) is 0 Å². The molecule has 0 aliphatic carbocycles. The zero-order valence-electron chi connectivity index (χ0n) is 17.3. The van der Waals surface area contributed by atoms with Gasteiger partial charge in [0.25, 0.3) is 5.91 Å². The highest BCUT2D eigenvalue weighted by Gasteiger charge is 2.31. The number of rotatable bonds is 3. The summed E-state index contributed by atoms with van der Waals surface area (Å²) < 4.78 is 7.51. The predicted molar refractivity (Wildman–Crippen MR) is 111 cm³/mol. The van der Waals surface area contributed by atoms with E-state index in [-0.39, 0.29) is 17.7 Å². The highest BCUT2D eigenvalue weighted by Crippen LogP contribution is 2.23. The normalized spacial score (nSPS) is 18.1. The number of hydrogen-bond acceptors (Lipinski definition) is 3. The van der Waals surface area contributed by atoms with Crippen LogP contribution in [0, 0.1) is 19.8 Å². The van der Waals surface area contributed by atoms with Crippen molar-refractivity contribution in [1.82, 2.24) is 14.4 Å². The highest BCUT2D eigenvalue weighted by molar-refractivity contribution is 5.94. The van der Waals surface area contributed by atoms with Crippen molar-refractivity contribution >= 4 is 11.8 Å². The largest absolute Gasteiger partial charge is 0.378 e. The van der Waals surface area contributed by atoms with Gasteiger partial charge in [-0.25, -0.2) is 0 Å². The van der Waals surface area contributed by atoms with Crippen molar-refractivity contribution in [3.05, 3.63) is 53.3 Å². The lowest BCUT2D eigenvalue weighted by Gasteiger charge is -2.35. The maximum Gasteiger partial charge on any atom is 0.253 e. The molecule has 2 aliphatic heterocycles. The first kappa shape index (κ1) is 19.7. The number of aromatic nitrogens is 1. The van der Waals surface area contributed by atoms with E-state index < -0.39 is 0 Å². The molecule has 2 aromatic rings. The number of piperidine rings is 1. The van der Waals surface area contributed by atoms with Gasteiger partial charge in [-0.3, -0.25) is 9.59 Å². The molecule has 2 fully saturated rings. The van der Waals surface area contributed by atoms with Crippen LogP contribution >= 0.6 is 0 Å². The van der Waals surface area contributed by atoms with E-state index in [4.69, 9.17) is 4.74 Å². The third kappa shape index (κ3) is 4.08. The quantitative estimate of drug-likeness (QED) is 0.803. The molecule has 29 heavy (non-hydrogen) atoms. The van der Waals surface area contributed by atoms with E-state index >= 15 is 0 Å². The van der Waals surface area contributed by atoms with E-state index in [9.17, 15) is 9.59 Å². The van der Waals surface area contributed by atoms with Gasteiger partial charge in [-0.1, -0.05) is 0 Å². The number of ether oxygens (including phenoxy) is 1. The van der Waals surface area contributed by atoms with Gasteiger partial charge in [0.15, 0.2) is 0 Å². The number of hydrogen-bond donors (Lipinski definition) is 0. The Hall–Kier alpha value is -2.60. The molecule has 0 radical (unpaired) electrons. The molecule has 0 atom stereocenters. The van der Waals surface area contributed by atoms with E-state index in [0.29, 0.717) is 45.0 Å². The van der Waals surface area contributed by atoms with Crippen LogP contribution in [0.1, 0.15) is 34.6 Å². The molecule has 0 unspecified atom stereocenters. The second-order valence-electron chi connectivity index (χ2n) is 8.00. The maximum atomic E-state index is 12.9. The number of nitrogens with zero attached hydrogens (tertiary/aromatic N) is 3. The molecule has 0 bridgehead atoms. The summed E-state index contributed by atoms with van der Waals surface area (Å²) in [5.41, 5.74) is 4.12. The van der Waals surface area contributed by atoms with Crippen LogP contribution in [0.2, 0.25) is 0 Å². The van der Waals surface area contributed by atoms with Crippen molar-refractivity contribution < 1.29 is 14.3 Å². The summed E-state index contributed by atoms with van der Waals surface area (Å²) in [6, 6.07) is 12.0. The fourth-order valence-electron chi connectivity index (χ4n) is 4.38. The first-order chi connectivity index (χ1) is 14.0. The summed E-state index contributed by atoms with van der Waals surface area (Å²) in [4.78, 5) is 29.4. The Morgan fingerprint density at radius 3 is 2.00 bits per heavy atom. The van der Waals surface area contributed by atoms with Crippen molar-refractivity contribution in [2.75, 3.05) is 39.4 Å². The smallest absolute Gasteiger partial charge is 0.253 e. The van der Waals surface area contributed by atoms with Crippen LogP contribution in [0.15, 0.2) is 36.4 Å². The molecular formula is C23H29N3O3. The highest BCUT2D eigenvalue weighted by atomic mass is 16.5. The molecule has 154 valence electrons. The number of benzene rings is 1. The lowest BCUT2D eigenvalue weighted by molar-refractivity contribution is -0.141. The molecule has 2 saturated heterocycles. The number of carbonyl (C=O) groups excluding carboxylic acids is 2. The molecule has 2 amide bonds. The van der Waals surface area contributed by atoms with Gasteiger partial charge in [-0.05, 0) is 63.1 Å². The summed E-state index contributed by atoms with van der Waals surface area (Å²) in [5, 5.41) is 0. The van der Waals surface area contributed by atoms with Gasteiger partial charge in [-0.2, -0.15) is 0 Å². The van der Waals surface area contributed by atoms with Crippen molar-refractivity contribution in [2.24, 2.45) is 5.92 Å². The molecule has 6 nitrogen and oxygen atoms in total. The maximum absolute atomic E-state index is 12.9. The van der Waals surface area contributed by atoms with Gasteiger partial charge in [0.2, 0.25) is 5.91 Å². The third-order valence-corrected chi connectivity index (χ3v) is 6.10. The Morgan fingerprint density at radius 1 is 0.828 bits per heavy atom. The molecule has 0 N–H and O–H groups in total. The summed E-state index contributed by atoms with van der Waals surface area (Å²) in [6.07, 6.45) is 1.48. The first-order valence-corrected chi connectivity index (χ1v) is 10.5. The number of amides is 2. The number of morpholine rings is 1. The topological polar surface area (TPSA) is 54.8 Å². The molecule has 6 heteroatoms. The lowest BCUT2D eigenvalue weighted by Crippen LogP contribution is -2.47.